The van der Waals surface area contributed by atoms with Crippen LogP contribution in [0.1, 0.15) is 22.8 Å². The molecule has 0 radical (unpaired) electrons. The van der Waals surface area contributed by atoms with Gasteiger partial charge in [0.05, 0.1) is 12.5 Å². The van der Waals surface area contributed by atoms with Gasteiger partial charge < -0.3 is 24.7 Å². The number of hydrogen-bond donors (Lipinski definition) is 4. The topological polar surface area (TPSA) is 72.4 Å². The summed E-state index contributed by atoms with van der Waals surface area (Å²) in [5, 5.41) is 4.02. The minimum Gasteiger partial charge on any atom is -0.494 e. The summed E-state index contributed by atoms with van der Waals surface area (Å²) in [6.07, 6.45) is 8.30. The van der Waals surface area contributed by atoms with Crippen molar-refractivity contribution in [3.05, 3.63) is 86.6 Å². The van der Waals surface area contributed by atoms with Crippen LogP contribution >= 0.6 is 0 Å². The summed E-state index contributed by atoms with van der Waals surface area (Å²) in [4.78, 5) is 13.6. The maximum Gasteiger partial charge on any atom is 0.144 e. The summed E-state index contributed by atoms with van der Waals surface area (Å²) in [7, 11) is 1.69. The Kier molecular flexibility index (Phi) is 3.25. The molecule has 128 valence electrons. The third-order valence-corrected chi connectivity index (χ3v) is 4.48. The number of nitrogens with one attached hydrogen (secondary N) is 4. The van der Waals surface area contributed by atoms with Crippen molar-refractivity contribution in [2.75, 3.05) is 7.11 Å². The second kappa shape index (κ2) is 5.74. The van der Waals surface area contributed by atoms with Crippen LogP contribution in [0.25, 0.3) is 24.3 Å². The molecule has 0 atom stereocenters. The van der Waals surface area contributed by atoms with Crippen LogP contribution in [0.2, 0.25) is 0 Å². The average Bonchev–Trinajstić information content (AvgIpc) is 3.39. The number of aromatic nitrogens is 4. The molecule has 5 heteroatoms. The number of rotatable bonds is 1. The minimum atomic E-state index is 0.813. The van der Waals surface area contributed by atoms with Crippen molar-refractivity contribution in [3.63, 3.8) is 0 Å². The fraction of sp³-hybridized carbons (Fsp3) is 0.0476. The zero-order chi connectivity index (χ0) is 17.5. The predicted molar refractivity (Wildman–Crippen MR) is 102 cm³/mol. The molecule has 5 heterocycles. The number of H-pyrrole nitrogens is 4. The lowest BCUT2D eigenvalue weighted by atomic mass is 10.3. The Morgan fingerprint density at radius 1 is 0.577 bits per heavy atom. The lowest BCUT2D eigenvalue weighted by Gasteiger charge is -1.93. The van der Waals surface area contributed by atoms with E-state index in [1.54, 1.807) is 7.11 Å². The maximum atomic E-state index is 5.52. The normalized spacial score (nSPS) is 12.5. The van der Waals surface area contributed by atoms with E-state index in [1.165, 1.54) is 0 Å². The zero-order valence-corrected chi connectivity index (χ0v) is 14.3. The number of ether oxygens (including phenoxy) is 1. The monoisotopic (exact) mass is 342 g/mol. The summed E-state index contributed by atoms with van der Waals surface area (Å²) < 4.78 is 5.52. The van der Waals surface area contributed by atoms with Crippen LogP contribution in [-0.4, -0.2) is 27.0 Å². The quantitative estimate of drug-likeness (QED) is 0.355. The van der Waals surface area contributed by atoms with Crippen LogP contribution in [0.5, 0.6) is 5.75 Å². The van der Waals surface area contributed by atoms with Crippen LogP contribution in [0.4, 0.5) is 0 Å². The molecule has 0 spiro atoms. The molecule has 0 fully saturated rings. The minimum absolute atomic E-state index is 0.813. The third kappa shape index (κ3) is 2.69. The summed E-state index contributed by atoms with van der Waals surface area (Å²) in [6.45, 7) is 0. The lowest BCUT2D eigenvalue weighted by molar-refractivity contribution is 0.412. The standard InChI is InChI=1S/C21H18N4O/c1-26-21-12-19-10-17-5-4-15(23-17)8-13-2-3-14(22-13)9-16-6-7-18(24-16)11-20(21)25-19/h2-12,22-25H,1H3. The molecule has 4 aromatic rings. The van der Waals surface area contributed by atoms with Gasteiger partial charge in [-0.1, -0.05) is 0 Å². The van der Waals surface area contributed by atoms with Gasteiger partial charge in [-0.15, -0.1) is 0 Å². The fourth-order valence-electron chi connectivity index (χ4n) is 3.28. The van der Waals surface area contributed by atoms with Crippen molar-refractivity contribution in [3.8, 4) is 5.75 Å². The van der Waals surface area contributed by atoms with E-state index in [0.29, 0.717) is 0 Å². The van der Waals surface area contributed by atoms with Gasteiger partial charge in [-0.05, 0) is 60.7 Å². The van der Waals surface area contributed by atoms with Crippen molar-refractivity contribution < 1.29 is 4.74 Å². The molecule has 4 N–H and O–H groups in total. The van der Waals surface area contributed by atoms with Gasteiger partial charge in [0, 0.05) is 44.9 Å². The van der Waals surface area contributed by atoms with E-state index in [-0.39, 0.29) is 0 Å². The van der Waals surface area contributed by atoms with Crippen LogP contribution in [0.15, 0.2) is 42.5 Å². The Balaban J connectivity index is 1.80. The number of methoxy groups -OCH3 is 1. The van der Waals surface area contributed by atoms with Gasteiger partial charge in [0.25, 0.3) is 0 Å². The van der Waals surface area contributed by atoms with E-state index in [0.717, 1.165) is 49.9 Å². The van der Waals surface area contributed by atoms with Crippen LogP contribution in [0.3, 0.4) is 0 Å². The van der Waals surface area contributed by atoms with E-state index < -0.39 is 0 Å². The van der Waals surface area contributed by atoms with E-state index >= 15 is 0 Å². The second-order valence-corrected chi connectivity index (χ2v) is 6.39. The van der Waals surface area contributed by atoms with Crippen LogP contribution < -0.4 is 26.1 Å². The summed E-state index contributed by atoms with van der Waals surface area (Å²) in [5.41, 5.74) is 4.12. The van der Waals surface area contributed by atoms with Crippen molar-refractivity contribution in [1.29, 1.82) is 0 Å². The van der Waals surface area contributed by atoms with Gasteiger partial charge in [-0.2, -0.15) is 0 Å². The molecule has 8 bridgehead atoms. The Morgan fingerprint density at radius 2 is 1.12 bits per heavy atom. The van der Waals surface area contributed by atoms with Gasteiger partial charge in [0.15, 0.2) is 0 Å². The number of aromatic amines is 4. The van der Waals surface area contributed by atoms with E-state index in [1.807, 2.05) is 12.1 Å². The molecule has 5 rings (SSSR count). The zero-order valence-electron chi connectivity index (χ0n) is 14.3. The highest BCUT2D eigenvalue weighted by molar-refractivity contribution is 5.56. The molecule has 0 aliphatic carbocycles. The lowest BCUT2D eigenvalue weighted by Crippen LogP contribution is -2.11. The van der Waals surface area contributed by atoms with E-state index in [2.05, 4.69) is 74.6 Å². The molecular weight excluding hydrogens is 324 g/mol. The molecular formula is C21H18N4O. The van der Waals surface area contributed by atoms with Gasteiger partial charge in [0.2, 0.25) is 0 Å². The number of fused-ring (bicyclic) bond motifs is 8. The average molecular weight is 342 g/mol. The molecule has 0 saturated heterocycles. The summed E-state index contributed by atoms with van der Waals surface area (Å²) in [6, 6.07) is 14.4. The van der Waals surface area contributed by atoms with Gasteiger partial charge in [-0.25, -0.2) is 0 Å². The molecule has 5 nitrogen and oxygen atoms in total. The molecule has 1 aliphatic heterocycles. The first kappa shape index (κ1) is 14.7. The third-order valence-electron chi connectivity index (χ3n) is 4.48. The Morgan fingerprint density at radius 3 is 1.69 bits per heavy atom. The van der Waals surface area contributed by atoms with Gasteiger partial charge in [-0.3, -0.25) is 0 Å². The second-order valence-electron chi connectivity index (χ2n) is 6.39. The van der Waals surface area contributed by atoms with E-state index in [9.17, 15) is 0 Å². The highest BCUT2D eigenvalue weighted by atomic mass is 16.5. The molecule has 1 aliphatic rings. The highest BCUT2D eigenvalue weighted by Gasteiger charge is 2.02. The molecule has 0 saturated carbocycles. The van der Waals surface area contributed by atoms with Crippen molar-refractivity contribution in [2.24, 2.45) is 0 Å². The Bertz CT molecular complexity index is 1330. The highest BCUT2D eigenvalue weighted by Crippen LogP contribution is 2.06. The SMILES string of the molecule is COc1cc2[nH]c1=Cc1ccc([nH]1)C=c1ccc([nH]1)=Cc1ccc([nH]1)C=2. The molecule has 4 aromatic heterocycles. The van der Waals surface area contributed by atoms with Gasteiger partial charge in [0.1, 0.15) is 5.75 Å². The van der Waals surface area contributed by atoms with E-state index in [4.69, 9.17) is 4.74 Å². The molecule has 26 heavy (non-hydrogen) atoms. The molecule has 0 aromatic carbocycles. The first-order chi connectivity index (χ1) is 12.7. The maximum absolute atomic E-state index is 5.52. The summed E-state index contributed by atoms with van der Waals surface area (Å²) in [5.74, 6) is 0.813. The summed E-state index contributed by atoms with van der Waals surface area (Å²) >= 11 is 0. The predicted octanol–water partition coefficient (Wildman–Crippen LogP) is 0.636. The fourth-order valence-corrected chi connectivity index (χ4v) is 3.28. The number of hydrogen-bond acceptors (Lipinski definition) is 1. The Hall–Kier alpha value is -3.60. The van der Waals surface area contributed by atoms with Crippen molar-refractivity contribution in [1.82, 2.24) is 19.9 Å². The smallest absolute Gasteiger partial charge is 0.144 e. The largest absolute Gasteiger partial charge is 0.494 e. The Labute approximate surface area is 149 Å². The van der Waals surface area contributed by atoms with Crippen molar-refractivity contribution in [2.45, 2.75) is 0 Å². The van der Waals surface area contributed by atoms with Crippen LogP contribution in [-0.2, 0) is 0 Å². The first-order valence-electron chi connectivity index (χ1n) is 8.48. The van der Waals surface area contributed by atoms with Crippen molar-refractivity contribution >= 4 is 24.3 Å². The first-order valence-corrected chi connectivity index (χ1v) is 8.48. The molecule has 0 unspecified atom stereocenters. The molecule has 0 amide bonds. The van der Waals surface area contributed by atoms with Crippen LogP contribution in [0, 0.1) is 0 Å². The van der Waals surface area contributed by atoms with Gasteiger partial charge >= 0.3 is 0 Å².